The Bertz CT molecular complexity index is 739. The standard InChI is InChI=1S/C20H23NO2/c22-20(23)15-6-3-5-14(8-9-15)17-12-21-18-11-10-13-4-1-2-7-16(13)19(17)18/h1-2,4,7,10-11,14-15,17,21H,3,5-6,8-9,12H2,(H,22,23). The molecule has 0 saturated heterocycles. The fourth-order valence-corrected chi connectivity index (χ4v) is 4.55. The first kappa shape index (κ1) is 14.6. The molecule has 4 rings (SSSR count). The van der Waals surface area contributed by atoms with Crippen molar-refractivity contribution in [1.29, 1.82) is 0 Å². The van der Waals surface area contributed by atoms with E-state index >= 15 is 0 Å². The highest BCUT2D eigenvalue weighted by atomic mass is 16.4. The molecule has 3 atom stereocenters. The number of fused-ring (bicyclic) bond motifs is 3. The number of carboxylic acid groups (broad SMARTS) is 1. The second-order valence-electron chi connectivity index (χ2n) is 7.04. The van der Waals surface area contributed by atoms with Crippen LogP contribution in [-0.2, 0) is 4.79 Å². The van der Waals surface area contributed by atoms with Crippen LogP contribution >= 0.6 is 0 Å². The van der Waals surface area contributed by atoms with Crippen LogP contribution in [0, 0.1) is 11.8 Å². The van der Waals surface area contributed by atoms with E-state index in [4.69, 9.17) is 0 Å². The van der Waals surface area contributed by atoms with E-state index in [1.807, 2.05) is 0 Å². The van der Waals surface area contributed by atoms with Crippen LogP contribution < -0.4 is 5.32 Å². The molecule has 2 aliphatic rings. The maximum absolute atomic E-state index is 11.3. The number of rotatable bonds is 2. The molecule has 0 amide bonds. The Labute approximate surface area is 136 Å². The highest BCUT2D eigenvalue weighted by Gasteiger charge is 2.33. The lowest BCUT2D eigenvalue weighted by Crippen LogP contribution is -2.16. The van der Waals surface area contributed by atoms with Gasteiger partial charge in [0.15, 0.2) is 0 Å². The summed E-state index contributed by atoms with van der Waals surface area (Å²) in [5, 5.41) is 15.5. The van der Waals surface area contributed by atoms with Gasteiger partial charge in [-0.3, -0.25) is 4.79 Å². The topological polar surface area (TPSA) is 49.3 Å². The van der Waals surface area contributed by atoms with Gasteiger partial charge in [0.1, 0.15) is 0 Å². The second-order valence-corrected chi connectivity index (χ2v) is 7.04. The van der Waals surface area contributed by atoms with Crippen LogP contribution in [0.2, 0.25) is 0 Å². The first-order valence-corrected chi connectivity index (χ1v) is 8.72. The molecule has 0 bridgehead atoms. The van der Waals surface area contributed by atoms with Gasteiger partial charge in [-0.1, -0.05) is 36.8 Å². The summed E-state index contributed by atoms with van der Waals surface area (Å²) in [5.41, 5.74) is 2.73. The van der Waals surface area contributed by atoms with Crippen molar-refractivity contribution < 1.29 is 9.90 Å². The molecule has 3 nitrogen and oxygen atoms in total. The Morgan fingerprint density at radius 3 is 2.78 bits per heavy atom. The van der Waals surface area contributed by atoms with E-state index in [9.17, 15) is 9.90 Å². The summed E-state index contributed by atoms with van der Waals surface area (Å²) in [7, 11) is 0. The van der Waals surface area contributed by atoms with E-state index in [1.165, 1.54) is 22.0 Å². The summed E-state index contributed by atoms with van der Waals surface area (Å²) < 4.78 is 0. The Hall–Kier alpha value is -2.03. The van der Waals surface area contributed by atoms with Gasteiger partial charge < -0.3 is 10.4 Å². The first-order chi connectivity index (χ1) is 11.2. The average molecular weight is 309 g/mol. The van der Waals surface area contributed by atoms with Gasteiger partial charge in [-0.25, -0.2) is 0 Å². The number of hydrogen-bond donors (Lipinski definition) is 2. The van der Waals surface area contributed by atoms with E-state index in [1.54, 1.807) is 0 Å². The van der Waals surface area contributed by atoms with Crippen molar-refractivity contribution in [3.8, 4) is 0 Å². The molecule has 1 saturated carbocycles. The minimum atomic E-state index is -0.610. The summed E-state index contributed by atoms with van der Waals surface area (Å²) in [6.45, 7) is 0.992. The number of carbonyl (C=O) groups is 1. The van der Waals surface area contributed by atoms with Gasteiger partial charge in [-0.2, -0.15) is 0 Å². The van der Waals surface area contributed by atoms with Crippen molar-refractivity contribution in [3.63, 3.8) is 0 Å². The van der Waals surface area contributed by atoms with Crippen LogP contribution in [0.5, 0.6) is 0 Å². The largest absolute Gasteiger partial charge is 0.481 e. The molecule has 0 spiro atoms. The average Bonchev–Trinajstić information content (AvgIpc) is 2.84. The van der Waals surface area contributed by atoms with Crippen molar-refractivity contribution in [2.75, 3.05) is 11.9 Å². The van der Waals surface area contributed by atoms with Crippen LogP contribution in [0.1, 0.15) is 43.6 Å². The molecule has 120 valence electrons. The van der Waals surface area contributed by atoms with Crippen LogP contribution in [0.25, 0.3) is 10.8 Å². The number of carboxylic acids is 1. The molecule has 2 aromatic carbocycles. The molecule has 1 fully saturated rings. The molecule has 1 heterocycles. The second kappa shape index (κ2) is 5.88. The fraction of sp³-hybridized carbons (Fsp3) is 0.450. The SMILES string of the molecule is O=C(O)C1CCCC(C2CNc3ccc4ccccc4c32)CC1. The zero-order chi connectivity index (χ0) is 15.8. The molecule has 3 heteroatoms. The normalized spacial score (nSPS) is 27.2. The number of anilines is 1. The summed E-state index contributed by atoms with van der Waals surface area (Å²) in [6.07, 6.45) is 4.90. The maximum atomic E-state index is 11.3. The number of aliphatic carboxylic acids is 1. The van der Waals surface area contributed by atoms with E-state index in [0.29, 0.717) is 11.8 Å². The monoisotopic (exact) mass is 309 g/mol. The van der Waals surface area contributed by atoms with Gasteiger partial charge in [0.25, 0.3) is 0 Å². The maximum Gasteiger partial charge on any atom is 0.306 e. The Morgan fingerprint density at radius 2 is 1.91 bits per heavy atom. The van der Waals surface area contributed by atoms with E-state index < -0.39 is 5.97 Å². The molecule has 1 aliphatic heterocycles. The Balaban J connectivity index is 1.65. The van der Waals surface area contributed by atoms with E-state index in [0.717, 1.165) is 38.6 Å². The minimum absolute atomic E-state index is 0.138. The predicted molar refractivity (Wildman–Crippen MR) is 92.9 cm³/mol. The van der Waals surface area contributed by atoms with E-state index in [-0.39, 0.29) is 5.92 Å². The predicted octanol–water partition coefficient (Wildman–Crippen LogP) is 4.63. The molecule has 3 unspecified atom stereocenters. The molecule has 1 aliphatic carbocycles. The smallest absolute Gasteiger partial charge is 0.306 e. The lowest BCUT2D eigenvalue weighted by atomic mass is 9.81. The highest BCUT2D eigenvalue weighted by Crippen LogP contribution is 2.45. The molecular weight excluding hydrogens is 286 g/mol. The van der Waals surface area contributed by atoms with Gasteiger partial charge in [0.2, 0.25) is 0 Å². The molecule has 0 radical (unpaired) electrons. The molecule has 0 aromatic heterocycles. The number of nitrogens with one attached hydrogen (secondary N) is 1. The summed E-state index contributed by atoms with van der Waals surface area (Å²) in [6, 6.07) is 13.0. The molecular formula is C20H23NO2. The van der Waals surface area contributed by atoms with Crippen molar-refractivity contribution in [2.45, 2.75) is 38.0 Å². The minimum Gasteiger partial charge on any atom is -0.481 e. The zero-order valence-corrected chi connectivity index (χ0v) is 13.3. The third-order valence-corrected chi connectivity index (χ3v) is 5.79. The van der Waals surface area contributed by atoms with Crippen molar-refractivity contribution in [3.05, 3.63) is 42.0 Å². The molecule has 2 aromatic rings. The van der Waals surface area contributed by atoms with Gasteiger partial charge >= 0.3 is 5.97 Å². The third-order valence-electron chi connectivity index (χ3n) is 5.79. The van der Waals surface area contributed by atoms with Crippen LogP contribution in [-0.4, -0.2) is 17.6 Å². The van der Waals surface area contributed by atoms with Gasteiger partial charge in [-0.15, -0.1) is 0 Å². The summed E-state index contributed by atoms with van der Waals surface area (Å²) >= 11 is 0. The van der Waals surface area contributed by atoms with Crippen LogP contribution in [0.15, 0.2) is 36.4 Å². The lowest BCUT2D eigenvalue weighted by Gasteiger charge is -2.23. The first-order valence-electron chi connectivity index (χ1n) is 8.72. The molecule has 23 heavy (non-hydrogen) atoms. The highest BCUT2D eigenvalue weighted by molar-refractivity contribution is 5.91. The number of hydrogen-bond acceptors (Lipinski definition) is 2. The van der Waals surface area contributed by atoms with Gasteiger partial charge in [0.05, 0.1) is 5.92 Å². The van der Waals surface area contributed by atoms with Crippen molar-refractivity contribution >= 4 is 22.4 Å². The zero-order valence-electron chi connectivity index (χ0n) is 13.3. The van der Waals surface area contributed by atoms with Crippen LogP contribution in [0.3, 0.4) is 0 Å². The fourth-order valence-electron chi connectivity index (χ4n) is 4.55. The van der Waals surface area contributed by atoms with E-state index in [2.05, 4.69) is 41.7 Å². The Morgan fingerprint density at radius 1 is 1.04 bits per heavy atom. The third kappa shape index (κ3) is 2.58. The van der Waals surface area contributed by atoms with Crippen molar-refractivity contribution in [1.82, 2.24) is 0 Å². The van der Waals surface area contributed by atoms with Crippen molar-refractivity contribution in [2.24, 2.45) is 11.8 Å². The summed E-state index contributed by atoms with van der Waals surface area (Å²) in [5.74, 6) is 0.366. The number of benzene rings is 2. The lowest BCUT2D eigenvalue weighted by molar-refractivity contribution is -0.142. The Kier molecular flexibility index (Phi) is 3.72. The van der Waals surface area contributed by atoms with Crippen LogP contribution in [0.4, 0.5) is 5.69 Å². The molecule has 2 N–H and O–H groups in total. The quantitative estimate of drug-likeness (QED) is 0.795. The summed E-state index contributed by atoms with van der Waals surface area (Å²) in [4.78, 5) is 11.3. The van der Waals surface area contributed by atoms with Gasteiger partial charge in [0, 0.05) is 18.2 Å². The van der Waals surface area contributed by atoms with Gasteiger partial charge in [-0.05, 0) is 54.0 Å².